The van der Waals surface area contributed by atoms with Gasteiger partial charge >= 0.3 is 0 Å². The molecule has 0 aliphatic carbocycles. The Bertz CT molecular complexity index is 628. The van der Waals surface area contributed by atoms with E-state index in [1.165, 1.54) is 12.1 Å². The molecule has 2 aromatic carbocycles. The molecule has 1 N–H and O–H groups in total. The number of carbonyl (C=O) groups excluding carboxylic acids is 1. The molecule has 5 heteroatoms. The van der Waals surface area contributed by atoms with Gasteiger partial charge in [0, 0.05) is 22.5 Å². The molecule has 0 radical (unpaired) electrons. The fourth-order valence-electron chi connectivity index (χ4n) is 1.95. The number of benzene rings is 2. The molecule has 0 aliphatic rings. The molecule has 0 heterocycles. The number of hydrogen-bond donors (Lipinski definition) is 1. The Morgan fingerprint density at radius 3 is 2.62 bits per heavy atom. The summed E-state index contributed by atoms with van der Waals surface area (Å²) in [4.78, 5) is 11.9. The zero-order chi connectivity index (χ0) is 15.2. The second-order valence-electron chi connectivity index (χ2n) is 4.61. The second-order valence-corrected chi connectivity index (χ2v) is 5.58. The summed E-state index contributed by atoms with van der Waals surface area (Å²) in [6.45, 7) is 0.408. The van der Waals surface area contributed by atoms with E-state index in [-0.39, 0.29) is 22.9 Å². The Morgan fingerprint density at radius 1 is 1.19 bits per heavy atom. The first-order valence-electron chi connectivity index (χ1n) is 6.43. The molecule has 0 aliphatic heterocycles. The van der Waals surface area contributed by atoms with E-state index in [0.717, 1.165) is 16.5 Å². The van der Waals surface area contributed by atoms with Crippen LogP contribution in [0.2, 0.25) is 5.02 Å². The van der Waals surface area contributed by atoms with Crippen LogP contribution in [-0.4, -0.2) is 5.91 Å². The van der Waals surface area contributed by atoms with Crippen LogP contribution >= 0.6 is 27.5 Å². The van der Waals surface area contributed by atoms with Crippen LogP contribution in [0.3, 0.4) is 0 Å². The Balaban J connectivity index is 1.96. The number of alkyl halides is 1. The van der Waals surface area contributed by atoms with Crippen LogP contribution in [0.4, 0.5) is 4.39 Å². The maximum absolute atomic E-state index is 13.6. The number of carbonyl (C=O) groups is 1. The first-order valence-corrected chi connectivity index (χ1v) is 7.93. The molecular weight excluding hydrogens is 357 g/mol. The number of hydrogen-bond acceptors (Lipinski definition) is 1. The predicted octanol–water partition coefficient (Wildman–Crippen LogP) is 4.23. The fraction of sp³-hybridized carbons (Fsp3) is 0.188. The third-order valence-electron chi connectivity index (χ3n) is 3.03. The van der Waals surface area contributed by atoms with Crippen LogP contribution < -0.4 is 5.32 Å². The van der Waals surface area contributed by atoms with E-state index < -0.39 is 5.82 Å². The predicted molar refractivity (Wildman–Crippen MR) is 86.0 cm³/mol. The van der Waals surface area contributed by atoms with Gasteiger partial charge in [0.05, 0.1) is 6.42 Å². The summed E-state index contributed by atoms with van der Waals surface area (Å²) in [7, 11) is 0. The highest BCUT2D eigenvalue weighted by Crippen LogP contribution is 2.19. The van der Waals surface area contributed by atoms with Gasteiger partial charge in [-0.2, -0.15) is 0 Å². The average Bonchev–Trinajstić information content (AvgIpc) is 2.49. The fourth-order valence-corrected chi connectivity index (χ4v) is 2.53. The molecule has 1 amide bonds. The first-order chi connectivity index (χ1) is 10.1. The third-order valence-corrected chi connectivity index (χ3v) is 4.04. The summed E-state index contributed by atoms with van der Waals surface area (Å²) in [6.07, 6.45) is -0.0658. The molecule has 0 aromatic heterocycles. The van der Waals surface area contributed by atoms with Crippen molar-refractivity contribution in [1.82, 2.24) is 5.32 Å². The molecule has 0 saturated carbocycles. The number of amides is 1. The van der Waals surface area contributed by atoms with Crippen molar-refractivity contribution in [2.75, 3.05) is 0 Å². The van der Waals surface area contributed by atoms with E-state index in [4.69, 9.17) is 11.6 Å². The molecule has 0 saturated heterocycles. The normalized spacial score (nSPS) is 10.4. The minimum absolute atomic E-state index is 0.0658. The lowest BCUT2D eigenvalue weighted by Crippen LogP contribution is -2.25. The number of nitrogens with one attached hydrogen (secondary N) is 1. The van der Waals surface area contributed by atoms with Gasteiger partial charge in [-0.15, -0.1) is 0 Å². The minimum Gasteiger partial charge on any atom is -0.352 e. The lowest BCUT2D eigenvalue weighted by molar-refractivity contribution is -0.120. The minimum atomic E-state index is -0.459. The van der Waals surface area contributed by atoms with Gasteiger partial charge in [0.15, 0.2) is 0 Å². The molecule has 0 spiro atoms. The monoisotopic (exact) mass is 369 g/mol. The van der Waals surface area contributed by atoms with Gasteiger partial charge in [0.2, 0.25) is 5.91 Å². The zero-order valence-corrected chi connectivity index (χ0v) is 13.5. The van der Waals surface area contributed by atoms with E-state index in [1.807, 2.05) is 24.3 Å². The molecule has 110 valence electrons. The van der Waals surface area contributed by atoms with E-state index in [9.17, 15) is 9.18 Å². The van der Waals surface area contributed by atoms with Gasteiger partial charge in [-0.05, 0) is 23.3 Å². The van der Waals surface area contributed by atoms with E-state index in [1.54, 1.807) is 6.07 Å². The highest BCUT2D eigenvalue weighted by atomic mass is 79.9. The maximum Gasteiger partial charge on any atom is 0.224 e. The molecule has 2 rings (SSSR count). The standard InChI is InChI=1S/C16H14BrClFNO/c17-9-11-3-1-4-12(7-11)10-20-16(21)8-13-14(18)5-2-6-15(13)19/h1-7H,8-10H2,(H,20,21). The van der Waals surface area contributed by atoms with Gasteiger partial charge in [-0.3, -0.25) is 4.79 Å². The summed E-state index contributed by atoms with van der Waals surface area (Å²) >= 11 is 9.29. The van der Waals surface area contributed by atoms with Gasteiger partial charge in [0.25, 0.3) is 0 Å². The van der Waals surface area contributed by atoms with Crippen molar-refractivity contribution in [3.8, 4) is 0 Å². The first kappa shape index (κ1) is 16.0. The van der Waals surface area contributed by atoms with Crippen molar-refractivity contribution >= 4 is 33.4 Å². The van der Waals surface area contributed by atoms with Gasteiger partial charge in [0.1, 0.15) is 5.82 Å². The third kappa shape index (κ3) is 4.55. The second kappa shape index (κ2) is 7.57. The molecule has 2 nitrogen and oxygen atoms in total. The lowest BCUT2D eigenvalue weighted by Gasteiger charge is -2.08. The van der Waals surface area contributed by atoms with E-state index >= 15 is 0 Å². The van der Waals surface area contributed by atoms with Crippen LogP contribution in [0.1, 0.15) is 16.7 Å². The van der Waals surface area contributed by atoms with Crippen molar-refractivity contribution in [3.63, 3.8) is 0 Å². The highest BCUT2D eigenvalue weighted by molar-refractivity contribution is 9.08. The highest BCUT2D eigenvalue weighted by Gasteiger charge is 2.11. The summed E-state index contributed by atoms with van der Waals surface area (Å²) < 4.78 is 13.6. The Kier molecular flexibility index (Phi) is 5.76. The Labute approximate surface area is 136 Å². The van der Waals surface area contributed by atoms with E-state index in [2.05, 4.69) is 21.2 Å². The summed E-state index contributed by atoms with van der Waals surface area (Å²) in [5.41, 5.74) is 2.37. The van der Waals surface area contributed by atoms with Crippen LogP contribution in [0.5, 0.6) is 0 Å². The molecule has 21 heavy (non-hydrogen) atoms. The van der Waals surface area contributed by atoms with Gasteiger partial charge < -0.3 is 5.32 Å². The zero-order valence-electron chi connectivity index (χ0n) is 11.2. The Hall–Kier alpha value is -1.39. The van der Waals surface area contributed by atoms with Crippen LogP contribution in [0.15, 0.2) is 42.5 Å². The summed E-state index contributed by atoms with van der Waals surface area (Å²) in [5, 5.41) is 3.81. The lowest BCUT2D eigenvalue weighted by atomic mass is 10.1. The maximum atomic E-state index is 13.6. The van der Waals surface area contributed by atoms with Crippen molar-refractivity contribution in [1.29, 1.82) is 0 Å². The Morgan fingerprint density at radius 2 is 1.90 bits per heavy atom. The van der Waals surface area contributed by atoms with Crippen molar-refractivity contribution < 1.29 is 9.18 Å². The SMILES string of the molecule is O=C(Cc1c(F)cccc1Cl)NCc1cccc(CBr)c1. The molecule has 0 fully saturated rings. The molecular formula is C16H14BrClFNO. The van der Waals surface area contributed by atoms with Crippen LogP contribution in [0.25, 0.3) is 0 Å². The number of halogens is 3. The summed E-state index contributed by atoms with van der Waals surface area (Å²) in [5.74, 6) is -0.717. The van der Waals surface area contributed by atoms with Gasteiger partial charge in [-0.25, -0.2) is 4.39 Å². The topological polar surface area (TPSA) is 29.1 Å². The van der Waals surface area contributed by atoms with Crippen molar-refractivity contribution in [2.24, 2.45) is 0 Å². The van der Waals surface area contributed by atoms with Gasteiger partial charge in [-0.1, -0.05) is 57.9 Å². The van der Waals surface area contributed by atoms with Crippen LogP contribution in [-0.2, 0) is 23.1 Å². The smallest absolute Gasteiger partial charge is 0.224 e. The van der Waals surface area contributed by atoms with Crippen molar-refractivity contribution in [3.05, 3.63) is 70.0 Å². The molecule has 0 bridgehead atoms. The average molecular weight is 371 g/mol. The molecule has 0 unspecified atom stereocenters. The molecule has 2 aromatic rings. The molecule has 0 atom stereocenters. The number of rotatable bonds is 5. The van der Waals surface area contributed by atoms with Crippen molar-refractivity contribution in [2.45, 2.75) is 18.3 Å². The quantitative estimate of drug-likeness (QED) is 0.784. The van der Waals surface area contributed by atoms with E-state index in [0.29, 0.717) is 6.54 Å². The largest absolute Gasteiger partial charge is 0.352 e. The van der Waals surface area contributed by atoms with Crippen LogP contribution in [0, 0.1) is 5.82 Å². The summed E-state index contributed by atoms with van der Waals surface area (Å²) in [6, 6.07) is 12.3.